The molecule has 100 valence electrons. The topological polar surface area (TPSA) is 27.0 Å². The number of piperidine rings is 1. The van der Waals surface area contributed by atoms with Crippen molar-refractivity contribution >= 4 is 0 Å². The molecule has 0 unspecified atom stereocenters. The van der Waals surface area contributed by atoms with Gasteiger partial charge in [-0.05, 0) is 38.4 Å². The number of hydrogen-bond donors (Lipinski definition) is 0. The monoisotopic (exact) mass is 254 g/mol. The second-order valence-corrected chi connectivity index (χ2v) is 5.66. The van der Waals surface area contributed by atoms with Crippen LogP contribution in [0.25, 0.3) is 0 Å². The van der Waals surface area contributed by atoms with Crippen molar-refractivity contribution in [1.82, 2.24) is 4.90 Å². The molecule has 2 rings (SSSR count). The van der Waals surface area contributed by atoms with Crippen molar-refractivity contribution in [3.8, 4) is 6.07 Å². The fourth-order valence-electron chi connectivity index (χ4n) is 2.89. The van der Waals surface area contributed by atoms with Crippen LogP contribution >= 0.6 is 0 Å². The number of nitriles is 1. The van der Waals surface area contributed by atoms with Gasteiger partial charge in [0.05, 0.1) is 6.07 Å². The van der Waals surface area contributed by atoms with Crippen molar-refractivity contribution < 1.29 is 0 Å². The van der Waals surface area contributed by atoms with Crippen molar-refractivity contribution in [3.63, 3.8) is 0 Å². The van der Waals surface area contributed by atoms with Crippen molar-refractivity contribution in [3.05, 3.63) is 48.0 Å². The van der Waals surface area contributed by atoms with Crippen LogP contribution in [0, 0.1) is 16.7 Å². The lowest BCUT2D eigenvalue weighted by molar-refractivity contribution is 0.129. The first-order valence-electron chi connectivity index (χ1n) is 6.95. The van der Waals surface area contributed by atoms with Crippen LogP contribution in [0.2, 0.25) is 0 Å². The number of allylic oxidation sites excluding steroid dienone is 1. The van der Waals surface area contributed by atoms with E-state index < -0.39 is 0 Å². The molecule has 2 heteroatoms. The molecular weight excluding hydrogens is 232 g/mol. The van der Waals surface area contributed by atoms with Crippen LogP contribution in [0.3, 0.4) is 0 Å². The smallest absolute Gasteiger partial charge is 0.0631 e. The Bertz CT molecular complexity index is 462. The van der Waals surface area contributed by atoms with Crippen LogP contribution in [0.5, 0.6) is 0 Å². The second kappa shape index (κ2) is 6.04. The molecule has 0 radical (unpaired) electrons. The van der Waals surface area contributed by atoms with E-state index in [1.54, 1.807) is 0 Å². The van der Waals surface area contributed by atoms with Crippen molar-refractivity contribution in [1.29, 1.82) is 5.26 Å². The fraction of sp³-hybridized carbons (Fsp3) is 0.471. The van der Waals surface area contributed by atoms with Crippen LogP contribution in [-0.4, -0.2) is 18.0 Å². The number of hydrogen-bond acceptors (Lipinski definition) is 2. The molecule has 1 aliphatic rings. The predicted molar refractivity (Wildman–Crippen MR) is 78.4 cm³/mol. The van der Waals surface area contributed by atoms with E-state index in [4.69, 9.17) is 5.26 Å². The average Bonchev–Trinajstić information content (AvgIpc) is 2.42. The predicted octanol–water partition coefficient (Wildman–Crippen LogP) is 3.76. The minimum absolute atomic E-state index is 0.0575. The number of benzene rings is 1. The molecule has 0 spiro atoms. The minimum Gasteiger partial charge on any atom is -0.299 e. The molecule has 1 aromatic carbocycles. The highest BCUT2D eigenvalue weighted by molar-refractivity contribution is 5.16. The molecule has 1 saturated heterocycles. The molecule has 0 aromatic heterocycles. The Morgan fingerprint density at radius 2 is 1.95 bits per heavy atom. The van der Waals surface area contributed by atoms with E-state index >= 15 is 0 Å². The summed E-state index contributed by atoms with van der Waals surface area (Å²) < 4.78 is 0. The molecule has 1 aliphatic heterocycles. The van der Waals surface area contributed by atoms with Crippen LogP contribution in [0.4, 0.5) is 0 Å². The minimum atomic E-state index is 0.0575. The van der Waals surface area contributed by atoms with Gasteiger partial charge in [-0.2, -0.15) is 5.26 Å². The molecule has 1 fully saturated rings. The van der Waals surface area contributed by atoms with Gasteiger partial charge in [0.15, 0.2) is 0 Å². The van der Waals surface area contributed by atoms with Gasteiger partial charge in [-0.25, -0.2) is 0 Å². The van der Waals surface area contributed by atoms with E-state index in [-0.39, 0.29) is 5.41 Å². The summed E-state index contributed by atoms with van der Waals surface area (Å²) in [5.74, 6) is 0. The summed E-state index contributed by atoms with van der Waals surface area (Å²) in [6.45, 7) is 9.31. The maximum atomic E-state index is 9.03. The second-order valence-electron chi connectivity index (χ2n) is 5.66. The highest BCUT2D eigenvalue weighted by Gasteiger charge is 2.34. The summed E-state index contributed by atoms with van der Waals surface area (Å²) in [4.78, 5) is 2.48. The Hall–Kier alpha value is -1.59. The maximum absolute atomic E-state index is 9.03. The van der Waals surface area contributed by atoms with Gasteiger partial charge in [0, 0.05) is 18.4 Å². The molecule has 2 nitrogen and oxygen atoms in total. The summed E-state index contributed by atoms with van der Waals surface area (Å²) in [6, 6.07) is 12.9. The largest absolute Gasteiger partial charge is 0.299 e. The summed E-state index contributed by atoms with van der Waals surface area (Å²) in [6.07, 6.45) is 2.73. The van der Waals surface area contributed by atoms with Gasteiger partial charge in [0.2, 0.25) is 0 Å². The van der Waals surface area contributed by atoms with Crippen LogP contribution in [0.1, 0.15) is 31.7 Å². The molecule has 0 N–H and O–H groups in total. The zero-order valence-electron chi connectivity index (χ0n) is 11.7. The van der Waals surface area contributed by atoms with Gasteiger partial charge in [-0.1, -0.05) is 42.5 Å². The molecule has 0 saturated carbocycles. The van der Waals surface area contributed by atoms with Gasteiger partial charge in [-0.15, -0.1) is 0 Å². The number of rotatable bonds is 4. The Kier molecular flexibility index (Phi) is 4.39. The van der Waals surface area contributed by atoms with E-state index in [0.29, 0.717) is 6.42 Å². The Morgan fingerprint density at radius 1 is 1.32 bits per heavy atom. The third-order valence-electron chi connectivity index (χ3n) is 4.38. The summed E-state index contributed by atoms with van der Waals surface area (Å²) in [5.41, 5.74) is 2.60. The fourth-order valence-corrected chi connectivity index (χ4v) is 2.89. The molecular formula is C17H22N2. The quantitative estimate of drug-likeness (QED) is 0.765. The highest BCUT2D eigenvalue weighted by Crippen LogP contribution is 2.40. The van der Waals surface area contributed by atoms with Crippen molar-refractivity contribution in [2.24, 2.45) is 5.41 Å². The van der Waals surface area contributed by atoms with Crippen LogP contribution in [-0.2, 0) is 6.54 Å². The first kappa shape index (κ1) is 13.8. The number of likely N-dealkylation sites (tertiary alicyclic amines) is 1. The Morgan fingerprint density at radius 3 is 2.47 bits per heavy atom. The molecule has 1 aromatic rings. The summed E-state index contributed by atoms with van der Waals surface area (Å²) in [7, 11) is 0. The summed E-state index contributed by atoms with van der Waals surface area (Å²) >= 11 is 0. The zero-order valence-corrected chi connectivity index (χ0v) is 11.7. The lowest BCUT2D eigenvalue weighted by Crippen LogP contribution is -2.40. The standard InChI is InChI=1S/C17H22N2/c1-15(2)17(8-11-18)9-12-19(13-10-17)14-16-6-4-3-5-7-16/h3-7H,1,8-10,12-14H2,2H3. The highest BCUT2D eigenvalue weighted by atomic mass is 15.1. The van der Waals surface area contributed by atoms with E-state index in [9.17, 15) is 0 Å². The number of nitrogens with zero attached hydrogens (tertiary/aromatic N) is 2. The van der Waals surface area contributed by atoms with Gasteiger partial charge in [0.25, 0.3) is 0 Å². The molecule has 19 heavy (non-hydrogen) atoms. The maximum Gasteiger partial charge on any atom is 0.0631 e. The molecule has 0 atom stereocenters. The normalized spacial score (nSPS) is 18.7. The van der Waals surface area contributed by atoms with E-state index in [2.05, 4.69) is 54.8 Å². The lowest BCUT2D eigenvalue weighted by atomic mass is 9.71. The van der Waals surface area contributed by atoms with E-state index in [1.165, 1.54) is 11.1 Å². The van der Waals surface area contributed by atoms with Crippen LogP contribution in [0.15, 0.2) is 42.5 Å². The van der Waals surface area contributed by atoms with Crippen LogP contribution < -0.4 is 0 Å². The molecule has 0 amide bonds. The van der Waals surface area contributed by atoms with E-state index in [0.717, 1.165) is 32.5 Å². The first-order chi connectivity index (χ1) is 9.16. The SMILES string of the molecule is C=C(C)C1(CC#N)CCN(Cc2ccccc2)CC1. The van der Waals surface area contributed by atoms with Gasteiger partial charge in [0.1, 0.15) is 0 Å². The van der Waals surface area contributed by atoms with Crippen molar-refractivity contribution in [2.45, 2.75) is 32.7 Å². The Balaban J connectivity index is 1.95. The Labute approximate surface area is 116 Å². The zero-order chi connectivity index (χ0) is 13.7. The summed E-state index contributed by atoms with van der Waals surface area (Å²) in [5, 5.41) is 9.03. The van der Waals surface area contributed by atoms with Gasteiger partial charge >= 0.3 is 0 Å². The molecule has 0 aliphatic carbocycles. The molecule has 1 heterocycles. The molecule has 0 bridgehead atoms. The van der Waals surface area contributed by atoms with Gasteiger partial charge < -0.3 is 0 Å². The van der Waals surface area contributed by atoms with Crippen molar-refractivity contribution in [2.75, 3.05) is 13.1 Å². The average molecular weight is 254 g/mol. The lowest BCUT2D eigenvalue weighted by Gasteiger charge is -2.41. The third kappa shape index (κ3) is 3.24. The van der Waals surface area contributed by atoms with Gasteiger partial charge in [-0.3, -0.25) is 4.90 Å². The third-order valence-corrected chi connectivity index (χ3v) is 4.38. The van der Waals surface area contributed by atoms with E-state index in [1.807, 2.05) is 0 Å². The first-order valence-corrected chi connectivity index (χ1v) is 6.95.